The zero-order valence-corrected chi connectivity index (χ0v) is 25.8. The summed E-state index contributed by atoms with van der Waals surface area (Å²) < 4.78 is 37.0. The largest absolute Gasteiger partial charge is 0.490 e. The molecule has 0 spiro atoms. The Morgan fingerprint density at radius 3 is 2.40 bits per heavy atom. The van der Waals surface area contributed by atoms with E-state index in [-0.39, 0.29) is 29.9 Å². The average molecular weight is 605 g/mol. The Kier molecular flexibility index (Phi) is 9.04. The van der Waals surface area contributed by atoms with Gasteiger partial charge in [0.25, 0.3) is 0 Å². The van der Waals surface area contributed by atoms with Crippen LogP contribution >= 0.6 is 11.3 Å². The van der Waals surface area contributed by atoms with E-state index in [1.54, 1.807) is 11.3 Å². The van der Waals surface area contributed by atoms with E-state index in [1.165, 1.54) is 20.5 Å². The van der Waals surface area contributed by atoms with Gasteiger partial charge in [0.05, 0.1) is 17.9 Å². The Morgan fingerprint density at radius 1 is 1.02 bits per heavy atom. The molecule has 8 heteroatoms. The molecule has 1 aliphatic heterocycles. The third-order valence-corrected chi connectivity index (χ3v) is 10.5. The highest BCUT2D eigenvalue weighted by Crippen LogP contribution is 2.41. The molecule has 4 aromatic rings. The van der Waals surface area contributed by atoms with Crippen molar-refractivity contribution in [2.75, 3.05) is 11.5 Å². The molecule has 0 amide bonds. The Hall–Kier alpha value is -3.62. The number of rotatable bonds is 10. The second-order valence-electron chi connectivity index (χ2n) is 10.9. The molecule has 1 fully saturated rings. The lowest BCUT2D eigenvalue weighted by molar-refractivity contribution is -0.137. The first kappa shape index (κ1) is 29.9. The van der Waals surface area contributed by atoms with Crippen LogP contribution in [0.5, 0.6) is 11.5 Å². The summed E-state index contributed by atoms with van der Waals surface area (Å²) in [5.74, 6) is 0.899. The lowest BCUT2D eigenvalue weighted by Gasteiger charge is -2.23. The van der Waals surface area contributed by atoms with Crippen molar-refractivity contribution in [3.05, 3.63) is 94.4 Å². The van der Waals surface area contributed by atoms with Crippen LogP contribution in [0.1, 0.15) is 53.7 Å². The number of hydrogen-bond donors (Lipinski definition) is 1. The summed E-state index contributed by atoms with van der Waals surface area (Å²) in [6, 6.07) is 20.2. The third-order valence-electron chi connectivity index (χ3n) is 7.73. The quantitative estimate of drug-likeness (QED) is 0.185. The number of thiophene rings is 1. The summed E-state index contributed by atoms with van der Waals surface area (Å²) >= 11 is 1.77. The smallest absolute Gasteiger partial charge is 0.304 e. The fourth-order valence-corrected chi connectivity index (χ4v) is 8.06. The fourth-order valence-electron chi connectivity index (χ4n) is 5.56. The van der Waals surface area contributed by atoms with Gasteiger partial charge >= 0.3 is 5.97 Å². The summed E-state index contributed by atoms with van der Waals surface area (Å²) in [4.78, 5) is 12.5. The van der Waals surface area contributed by atoms with Gasteiger partial charge in [-0.05, 0) is 92.3 Å². The van der Waals surface area contributed by atoms with E-state index in [2.05, 4.69) is 44.2 Å². The molecule has 1 atom stereocenters. The number of ether oxygens (including phenoxy) is 2. The molecule has 6 nitrogen and oxygen atoms in total. The molecule has 3 aromatic carbocycles. The van der Waals surface area contributed by atoms with Crippen molar-refractivity contribution in [2.24, 2.45) is 0 Å². The minimum atomic E-state index is -2.92. The van der Waals surface area contributed by atoms with Crippen LogP contribution in [0.2, 0.25) is 0 Å². The number of hydrogen-bond acceptors (Lipinski definition) is 6. The molecule has 1 saturated heterocycles. The first-order valence-electron chi connectivity index (χ1n) is 14.2. The third kappa shape index (κ3) is 7.05. The van der Waals surface area contributed by atoms with Gasteiger partial charge < -0.3 is 14.6 Å². The highest BCUT2D eigenvalue weighted by Gasteiger charge is 2.25. The SMILES string of the molecule is CC=CC(CC(=O)O)c1ccc(OCc2ccc3sc(C)c(-c4ccc(OC5CCS(=O)(=O)CC5)cc4C)c3c2)cc1. The highest BCUT2D eigenvalue weighted by molar-refractivity contribution is 7.91. The first-order chi connectivity index (χ1) is 20.1. The summed E-state index contributed by atoms with van der Waals surface area (Å²) in [7, 11) is -2.92. The van der Waals surface area contributed by atoms with Gasteiger partial charge in [0.2, 0.25) is 0 Å². The van der Waals surface area contributed by atoms with Crippen LogP contribution in [-0.4, -0.2) is 37.1 Å². The van der Waals surface area contributed by atoms with Crippen LogP contribution in [0.25, 0.3) is 21.2 Å². The lowest BCUT2D eigenvalue weighted by Crippen LogP contribution is -2.30. The molecule has 0 saturated carbocycles. The molecule has 42 heavy (non-hydrogen) atoms. The summed E-state index contributed by atoms with van der Waals surface area (Å²) in [6.45, 7) is 6.55. The number of carboxylic acids is 1. The normalized spacial score (nSPS) is 16.1. The highest BCUT2D eigenvalue weighted by atomic mass is 32.2. The van der Waals surface area contributed by atoms with Crippen molar-refractivity contribution in [1.29, 1.82) is 0 Å². The number of carboxylic acid groups (broad SMARTS) is 1. The standard InChI is InChI=1S/C34H36O6S2/c1-4-5-26(20-33(35)36)25-7-9-27(10-8-25)39-21-24-6-13-32-31(19-24)34(23(3)41-32)30-12-11-29(18-22(30)2)40-28-14-16-42(37,38)17-15-28/h4-13,18-19,26,28H,14-17,20-21H2,1-3H3,(H,35,36). The van der Waals surface area contributed by atoms with E-state index in [1.807, 2.05) is 49.4 Å². The molecule has 0 radical (unpaired) electrons. The van der Waals surface area contributed by atoms with Gasteiger partial charge in [-0.25, -0.2) is 8.42 Å². The number of allylic oxidation sites excluding steroid dienone is 2. The van der Waals surface area contributed by atoms with Crippen molar-refractivity contribution in [2.45, 2.75) is 58.7 Å². The number of aryl methyl sites for hydroxylation is 2. The van der Waals surface area contributed by atoms with Crippen LogP contribution in [0.15, 0.2) is 72.8 Å². The molecule has 5 rings (SSSR count). The van der Waals surface area contributed by atoms with E-state index in [0.717, 1.165) is 33.8 Å². The Bertz CT molecular complexity index is 1700. The predicted octanol–water partition coefficient (Wildman–Crippen LogP) is 7.85. The average Bonchev–Trinajstić information content (AvgIpc) is 3.28. The first-order valence-corrected chi connectivity index (χ1v) is 16.8. The van der Waals surface area contributed by atoms with Gasteiger partial charge in [0, 0.05) is 26.4 Å². The predicted molar refractivity (Wildman–Crippen MR) is 170 cm³/mol. The Labute approximate surface area is 251 Å². The van der Waals surface area contributed by atoms with Crippen molar-refractivity contribution in [3.8, 4) is 22.6 Å². The fraction of sp³-hybridized carbons (Fsp3) is 0.324. The number of sulfone groups is 1. The minimum absolute atomic E-state index is 0.0507. The molecular formula is C34H36O6S2. The molecule has 0 aliphatic carbocycles. The van der Waals surface area contributed by atoms with Gasteiger partial charge in [-0.1, -0.05) is 36.4 Å². The Balaban J connectivity index is 1.31. The van der Waals surface area contributed by atoms with Crippen LogP contribution in [0, 0.1) is 13.8 Å². The zero-order chi connectivity index (χ0) is 29.9. The maximum absolute atomic E-state index is 11.8. The van der Waals surface area contributed by atoms with Crippen LogP contribution < -0.4 is 9.47 Å². The second-order valence-corrected chi connectivity index (χ2v) is 14.5. The van der Waals surface area contributed by atoms with E-state index in [4.69, 9.17) is 9.47 Å². The second kappa shape index (κ2) is 12.7. The molecule has 1 unspecified atom stereocenters. The van der Waals surface area contributed by atoms with E-state index < -0.39 is 15.8 Å². The minimum Gasteiger partial charge on any atom is -0.490 e. The van der Waals surface area contributed by atoms with E-state index >= 15 is 0 Å². The summed E-state index contributed by atoms with van der Waals surface area (Å²) in [6.07, 6.45) is 4.84. The Morgan fingerprint density at radius 2 is 1.74 bits per heavy atom. The van der Waals surface area contributed by atoms with Gasteiger partial charge in [-0.2, -0.15) is 0 Å². The van der Waals surface area contributed by atoms with Gasteiger partial charge in [0.1, 0.15) is 24.2 Å². The lowest BCUT2D eigenvalue weighted by atomic mass is 9.95. The van der Waals surface area contributed by atoms with Gasteiger partial charge in [-0.3, -0.25) is 4.79 Å². The molecule has 1 aliphatic rings. The van der Waals surface area contributed by atoms with Crippen molar-refractivity contribution < 1.29 is 27.8 Å². The van der Waals surface area contributed by atoms with Crippen LogP contribution in [-0.2, 0) is 21.2 Å². The van der Waals surface area contributed by atoms with Crippen LogP contribution in [0.4, 0.5) is 0 Å². The molecule has 0 bridgehead atoms. The number of carbonyl (C=O) groups is 1. The molecule has 1 N–H and O–H groups in total. The molecule has 2 heterocycles. The number of fused-ring (bicyclic) bond motifs is 1. The topological polar surface area (TPSA) is 89.9 Å². The van der Waals surface area contributed by atoms with Crippen molar-refractivity contribution >= 4 is 37.2 Å². The maximum Gasteiger partial charge on any atom is 0.304 e. The molecule has 220 valence electrons. The van der Waals surface area contributed by atoms with Gasteiger partial charge in [0.15, 0.2) is 9.84 Å². The van der Waals surface area contributed by atoms with Gasteiger partial charge in [-0.15, -0.1) is 11.3 Å². The molecular weight excluding hydrogens is 569 g/mol. The van der Waals surface area contributed by atoms with E-state index in [9.17, 15) is 18.3 Å². The number of aliphatic carboxylic acids is 1. The monoisotopic (exact) mass is 604 g/mol. The molecule has 1 aromatic heterocycles. The number of benzene rings is 3. The summed E-state index contributed by atoms with van der Waals surface area (Å²) in [5.41, 5.74) is 5.49. The summed E-state index contributed by atoms with van der Waals surface area (Å²) in [5, 5.41) is 10.4. The van der Waals surface area contributed by atoms with E-state index in [0.29, 0.717) is 19.4 Å². The zero-order valence-electron chi connectivity index (χ0n) is 24.1. The van der Waals surface area contributed by atoms with Crippen LogP contribution in [0.3, 0.4) is 0 Å². The maximum atomic E-state index is 11.8. The van der Waals surface area contributed by atoms with Crippen molar-refractivity contribution in [3.63, 3.8) is 0 Å². The van der Waals surface area contributed by atoms with Crippen molar-refractivity contribution in [1.82, 2.24) is 0 Å².